The minimum atomic E-state index is 0.100. The lowest BCUT2D eigenvalue weighted by Crippen LogP contribution is -2.04. The molecule has 0 bridgehead atoms. The van der Waals surface area contributed by atoms with Crippen molar-refractivity contribution in [3.8, 4) is 33.8 Å². The minimum absolute atomic E-state index is 0.100. The molecule has 3 heterocycles. The molecule has 6 rings (SSSR count). The molecule has 3 N–H and O–H groups in total. The summed E-state index contributed by atoms with van der Waals surface area (Å²) in [5, 5.41) is 15.3. The van der Waals surface area contributed by atoms with Crippen LogP contribution in [0.2, 0.25) is 0 Å². The van der Waals surface area contributed by atoms with Gasteiger partial charge in [-0.1, -0.05) is 60.7 Å². The molecule has 0 spiro atoms. The SMILES string of the molecule is Nc1ccc(-c2nc3c4c(-c5ccccc5)c(-c5ccccc5)n(CCCO)c4ncn3n2)cc1. The van der Waals surface area contributed by atoms with Crippen molar-refractivity contribution < 1.29 is 5.11 Å². The summed E-state index contributed by atoms with van der Waals surface area (Å²) in [7, 11) is 0. The molecule has 0 aliphatic rings. The van der Waals surface area contributed by atoms with Gasteiger partial charge >= 0.3 is 0 Å². The first-order valence-electron chi connectivity index (χ1n) is 11.6. The van der Waals surface area contributed by atoms with Gasteiger partial charge in [0.2, 0.25) is 0 Å². The fraction of sp³-hybridized carbons (Fsp3) is 0.107. The molecule has 7 heteroatoms. The van der Waals surface area contributed by atoms with E-state index in [4.69, 9.17) is 20.8 Å². The van der Waals surface area contributed by atoms with Crippen molar-refractivity contribution in [3.63, 3.8) is 0 Å². The number of nitrogens with zero attached hydrogens (tertiary/aromatic N) is 5. The number of nitrogens with two attached hydrogens (primary N) is 1. The summed E-state index contributed by atoms with van der Waals surface area (Å²) in [5.41, 5.74) is 13.3. The monoisotopic (exact) mass is 460 g/mol. The quantitative estimate of drug-likeness (QED) is 0.340. The van der Waals surface area contributed by atoms with E-state index in [-0.39, 0.29) is 6.61 Å². The van der Waals surface area contributed by atoms with Crippen molar-refractivity contribution in [2.45, 2.75) is 13.0 Å². The largest absolute Gasteiger partial charge is 0.399 e. The Kier molecular flexibility index (Phi) is 5.24. The van der Waals surface area contributed by atoms with Crippen LogP contribution in [0.5, 0.6) is 0 Å². The van der Waals surface area contributed by atoms with Gasteiger partial charge in [0, 0.05) is 30.0 Å². The highest BCUT2D eigenvalue weighted by Gasteiger charge is 2.24. The second-order valence-corrected chi connectivity index (χ2v) is 8.45. The molecule has 3 aromatic carbocycles. The zero-order valence-electron chi connectivity index (χ0n) is 19.0. The van der Waals surface area contributed by atoms with Gasteiger partial charge in [-0.25, -0.2) is 14.5 Å². The Morgan fingerprint density at radius 3 is 2.14 bits per heavy atom. The maximum absolute atomic E-state index is 9.64. The van der Waals surface area contributed by atoms with E-state index >= 15 is 0 Å². The number of rotatable bonds is 6. The number of hydrogen-bond donors (Lipinski definition) is 2. The Morgan fingerprint density at radius 2 is 1.46 bits per heavy atom. The van der Waals surface area contributed by atoms with Gasteiger partial charge in [-0.05, 0) is 41.8 Å². The molecule has 0 saturated carbocycles. The van der Waals surface area contributed by atoms with Crippen molar-refractivity contribution in [3.05, 3.63) is 91.3 Å². The zero-order chi connectivity index (χ0) is 23.8. The van der Waals surface area contributed by atoms with Gasteiger partial charge in [-0.2, -0.15) is 0 Å². The Hall–Kier alpha value is -4.49. The van der Waals surface area contributed by atoms with Crippen LogP contribution in [-0.2, 0) is 6.54 Å². The van der Waals surface area contributed by atoms with Gasteiger partial charge < -0.3 is 15.4 Å². The van der Waals surface area contributed by atoms with Crippen molar-refractivity contribution in [1.29, 1.82) is 0 Å². The smallest absolute Gasteiger partial charge is 0.182 e. The topological polar surface area (TPSA) is 94.3 Å². The predicted molar refractivity (Wildman–Crippen MR) is 139 cm³/mol. The van der Waals surface area contributed by atoms with E-state index in [0.29, 0.717) is 24.5 Å². The van der Waals surface area contributed by atoms with Crippen LogP contribution in [0.4, 0.5) is 5.69 Å². The summed E-state index contributed by atoms with van der Waals surface area (Å²) < 4.78 is 3.94. The molecule has 0 amide bonds. The molecule has 35 heavy (non-hydrogen) atoms. The van der Waals surface area contributed by atoms with Crippen LogP contribution in [0.3, 0.4) is 0 Å². The Morgan fingerprint density at radius 1 is 0.771 bits per heavy atom. The Bertz CT molecular complexity index is 1620. The van der Waals surface area contributed by atoms with E-state index in [2.05, 4.69) is 28.8 Å². The number of hydrogen-bond acceptors (Lipinski definition) is 5. The van der Waals surface area contributed by atoms with Crippen LogP contribution in [-0.4, -0.2) is 35.9 Å². The number of nitrogen functional groups attached to an aromatic ring is 1. The molecule has 0 aliphatic heterocycles. The van der Waals surface area contributed by atoms with Crippen molar-refractivity contribution in [2.24, 2.45) is 0 Å². The third kappa shape index (κ3) is 3.62. The maximum atomic E-state index is 9.64. The third-order valence-corrected chi connectivity index (χ3v) is 6.20. The van der Waals surface area contributed by atoms with Gasteiger partial charge in [0.15, 0.2) is 11.5 Å². The van der Waals surface area contributed by atoms with Crippen LogP contribution < -0.4 is 5.73 Å². The van der Waals surface area contributed by atoms with Gasteiger partial charge in [0.25, 0.3) is 0 Å². The number of anilines is 1. The lowest BCUT2D eigenvalue weighted by molar-refractivity contribution is 0.281. The van der Waals surface area contributed by atoms with Gasteiger partial charge in [-0.3, -0.25) is 0 Å². The molecular weight excluding hydrogens is 436 g/mol. The molecule has 3 aromatic heterocycles. The summed E-state index contributed by atoms with van der Waals surface area (Å²) >= 11 is 0. The van der Waals surface area contributed by atoms with E-state index in [1.54, 1.807) is 10.8 Å². The van der Waals surface area contributed by atoms with Gasteiger partial charge in [0.1, 0.15) is 12.0 Å². The molecule has 0 aliphatic carbocycles. The number of fused-ring (bicyclic) bond motifs is 3. The lowest BCUT2D eigenvalue weighted by Gasteiger charge is -2.12. The molecule has 0 radical (unpaired) electrons. The molecule has 172 valence electrons. The third-order valence-electron chi connectivity index (χ3n) is 6.20. The summed E-state index contributed by atoms with van der Waals surface area (Å²) in [4.78, 5) is 9.80. The molecular formula is C28H24N6O. The zero-order valence-corrected chi connectivity index (χ0v) is 19.0. The lowest BCUT2D eigenvalue weighted by atomic mass is 9.99. The predicted octanol–water partition coefficient (Wildman–Crippen LogP) is 5.04. The molecule has 0 fully saturated rings. The van der Waals surface area contributed by atoms with E-state index in [1.807, 2.05) is 60.7 Å². The first-order chi connectivity index (χ1) is 17.2. The summed E-state index contributed by atoms with van der Waals surface area (Å²) in [5.74, 6) is 0.614. The number of aliphatic hydroxyl groups excluding tert-OH is 1. The van der Waals surface area contributed by atoms with Crippen LogP contribution in [0, 0.1) is 0 Å². The standard InChI is InChI=1S/C28H24N6O/c29-22-14-12-21(13-15-22)26-31-28-24-23(19-8-3-1-4-9-19)25(20-10-5-2-6-11-20)33(16-7-17-35)27(24)30-18-34(28)32-26/h1-6,8-15,18,35H,7,16-17,29H2. The molecule has 6 aromatic rings. The Balaban J connectivity index is 1.72. The summed E-state index contributed by atoms with van der Waals surface area (Å²) in [6.45, 7) is 0.731. The first kappa shape index (κ1) is 21.1. The number of benzene rings is 3. The van der Waals surface area contributed by atoms with Crippen molar-refractivity contribution in [1.82, 2.24) is 24.1 Å². The van der Waals surface area contributed by atoms with Gasteiger partial charge in [-0.15, -0.1) is 5.10 Å². The van der Waals surface area contributed by atoms with Crippen molar-refractivity contribution >= 4 is 22.4 Å². The van der Waals surface area contributed by atoms with Crippen LogP contribution in [0.15, 0.2) is 91.3 Å². The minimum Gasteiger partial charge on any atom is -0.399 e. The molecule has 0 saturated heterocycles. The van der Waals surface area contributed by atoms with E-state index in [1.165, 1.54) is 0 Å². The fourth-order valence-electron chi connectivity index (χ4n) is 4.62. The Labute approximate surface area is 202 Å². The average Bonchev–Trinajstić information content (AvgIpc) is 3.48. The highest BCUT2D eigenvalue weighted by atomic mass is 16.3. The number of aliphatic hydroxyl groups is 1. The molecule has 7 nitrogen and oxygen atoms in total. The summed E-state index contributed by atoms with van der Waals surface area (Å²) in [6, 6.07) is 28.2. The summed E-state index contributed by atoms with van der Waals surface area (Å²) in [6.07, 6.45) is 2.33. The van der Waals surface area contributed by atoms with Crippen LogP contribution >= 0.6 is 0 Å². The highest BCUT2D eigenvalue weighted by Crippen LogP contribution is 2.42. The second-order valence-electron chi connectivity index (χ2n) is 8.45. The highest BCUT2D eigenvalue weighted by molar-refractivity contribution is 6.09. The van der Waals surface area contributed by atoms with E-state index in [9.17, 15) is 5.11 Å². The second kappa shape index (κ2) is 8.70. The molecule has 0 atom stereocenters. The average molecular weight is 461 g/mol. The molecule has 0 unspecified atom stereocenters. The fourth-order valence-corrected chi connectivity index (χ4v) is 4.62. The number of aryl methyl sites for hydroxylation is 1. The van der Waals surface area contributed by atoms with Crippen molar-refractivity contribution in [2.75, 3.05) is 12.3 Å². The van der Waals surface area contributed by atoms with Gasteiger partial charge in [0.05, 0.1) is 11.1 Å². The maximum Gasteiger partial charge on any atom is 0.182 e. The number of aromatic nitrogens is 5. The van der Waals surface area contributed by atoms with E-state index < -0.39 is 0 Å². The van der Waals surface area contributed by atoms with Crippen LogP contribution in [0.25, 0.3) is 50.5 Å². The van der Waals surface area contributed by atoms with Crippen LogP contribution in [0.1, 0.15) is 6.42 Å². The van der Waals surface area contributed by atoms with E-state index in [0.717, 1.165) is 44.6 Å². The first-order valence-corrected chi connectivity index (χ1v) is 11.6. The normalized spacial score (nSPS) is 11.5.